The number of benzene rings is 1. The Bertz CT molecular complexity index is 866. The zero-order valence-electron chi connectivity index (χ0n) is 13.8. The lowest BCUT2D eigenvalue weighted by Gasteiger charge is -2.14. The molecule has 2 aromatic rings. The molecule has 1 saturated heterocycles. The number of nitriles is 1. The Morgan fingerprint density at radius 3 is 2.73 bits per heavy atom. The van der Waals surface area contributed by atoms with Crippen LogP contribution in [0.3, 0.4) is 0 Å². The highest BCUT2D eigenvalue weighted by Gasteiger charge is 2.45. The SMILES string of the molecule is N#CC1(c2ccc(N3CC(CNC(=O)c4ccno4)OC3=O)cc2)CC1. The average molecular weight is 352 g/mol. The van der Waals surface area contributed by atoms with Gasteiger partial charge in [0.15, 0.2) is 0 Å². The van der Waals surface area contributed by atoms with Crippen molar-refractivity contribution >= 4 is 17.7 Å². The Hall–Kier alpha value is -3.34. The largest absolute Gasteiger partial charge is 0.442 e. The van der Waals surface area contributed by atoms with E-state index < -0.39 is 18.1 Å². The molecule has 1 saturated carbocycles. The summed E-state index contributed by atoms with van der Waals surface area (Å²) >= 11 is 0. The summed E-state index contributed by atoms with van der Waals surface area (Å²) in [5.41, 5.74) is 1.33. The van der Waals surface area contributed by atoms with E-state index in [1.165, 1.54) is 17.2 Å². The Morgan fingerprint density at radius 2 is 2.12 bits per heavy atom. The first-order chi connectivity index (χ1) is 12.6. The summed E-state index contributed by atoms with van der Waals surface area (Å²) in [5, 5.41) is 15.4. The van der Waals surface area contributed by atoms with E-state index in [2.05, 4.69) is 16.5 Å². The van der Waals surface area contributed by atoms with Gasteiger partial charge in [-0.2, -0.15) is 5.26 Å². The van der Waals surface area contributed by atoms with Crippen molar-refractivity contribution in [3.63, 3.8) is 0 Å². The maximum absolute atomic E-state index is 12.1. The van der Waals surface area contributed by atoms with Gasteiger partial charge in [-0.1, -0.05) is 17.3 Å². The number of hydrogen-bond acceptors (Lipinski definition) is 6. The van der Waals surface area contributed by atoms with Gasteiger partial charge in [-0.05, 0) is 30.5 Å². The van der Waals surface area contributed by atoms with Gasteiger partial charge in [0.1, 0.15) is 6.10 Å². The molecule has 0 radical (unpaired) electrons. The number of hydrogen-bond donors (Lipinski definition) is 1. The molecule has 0 spiro atoms. The molecule has 1 aromatic carbocycles. The van der Waals surface area contributed by atoms with Gasteiger partial charge in [0.2, 0.25) is 5.76 Å². The highest BCUT2D eigenvalue weighted by Crippen LogP contribution is 2.47. The normalized spacial score (nSPS) is 20.3. The highest BCUT2D eigenvalue weighted by molar-refractivity contribution is 5.92. The van der Waals surface area contributed by atoms with Crippen molar-refractivity contribution in [2.24, 2.45) is 0 Å². The number of carbonyl (C=O) groups is 2. The smallest absolute Gasteiger partial charge is 0.414 e. The molecule has 4 rings (SSSR count). The van der Waals surface area contributed by atoms with Crippen LogP contribution in [0.4, 0.5) is 10.5 Å². The van der Waals surface area contributed by atoms with Gasteiger partial charge in [0, 0.05) is 11.8 Å². The van der Waals surface area contributed by atoms with E-state index in [1.807, 2.05) is 24.3 Å². The first kappa shape index (κ1) is 16.1. The summed E-state index contributed by atoms with van der Waals surface area (Å²) in [7, 11) is 0. The Labute approximate surface area is 149 Å². The van der Waals surface area contributed by atoms with Crippen molar-refractivity contribution in [1.82, 2.24) is 10.5 Å². The maximum atomic E-state index is 12.1. The highest BCUT2D eigenvalue weighted by atomic mass is 16.6. The number of carbonyl (C=O) groups excluding carboxylic acids is 2. The van der Waals surface area contributed by atoms with Gasteiger partial charge >= 0.3 is 6.09 Å². The molecule has 1 aliphatic carbocycles. The summed E-state index contributed by atoms with van der Waals surface area (Å²) in [6.07, 6.45) is 2.22. The zero-order chi connectivity index (χ0) is 18.1. The van der Waals surface area contributed by atoms with Crippen LogP contribution >= 0.6 is 0 Å². The fourth-order valence-corrected chi connectivity index (χ4v) is 3.02. The minimum absolute atomic E-state index is 0.105. The molecule has 2 amide bonds. The van der Waals surface area contributed by atoms with Crippen LogP contribution in [0.1, 0.15) is 29.0 Å². The molecular weight excluding hydrogens is 336 g/mol. The molecule has 1 aromatic heterocycles. The van der Waals surface area contributed by atoms with Gasteiger partial charge in [-0.3, -0.25) is 9.69 Å². The number of cyclic esters (lactones) is 1. The van der Waals surface area contributed by atoms with Crippen molar-refractivity contribution in [2.75, 3.05) is 18.0 Å². The summed E-state index contributed by atoms with van der Waals surface area (Å²) < 4.78 is 10.1. The molecule has 2 fully saturated rings. The molecular formula is C18H16N4O4. The molecule has 26 heavy (non-hydrogen) atoms. The van der Waals surface area contributed by atoms with Crippen LogP contribution in [0.5, 0.6) is 0 Å². The van der Waals surface area contributed by atoms with Crippen LogP contribution in [0.2, 0.25) is 0 Å². The third-order valence-corrected chi connectivity index (χ3v) is 4.72. The van der Waals surface area contributed by atoms with E-state index in [9.17, 15) is 14.9 Å². The summed E-state index contributed by atoms with van der Waals surface area (Å²) in [4.78, 5) is 25.5. The van der Waals surface area contributed by atoms with E-state index in [0.717, 1.165) is 18.4 Å². The lowest BCUT2D eigenvalue weighted by molar-refractivity contribution is 0.0880. The van der Waals surface area contributed by atoms with Crippen LogP contribution in [-0.2, 0) is 10.2 Å². The van der Waals surface area contributed by atoms with Gasteiger partial charge in [-0.25, -0.2) is 4.79 Å². The zero-order valence-corrected chi connectivity index (χ0v) is 13.8. The third-order valence-electron chi connectivity index (χ3n) is 4.72. The number of nitrogens with one attached hydrogen (secondary N) is 1. The van der Waals surface area contributed by atoms with Crippen molar-refractivity contribution in [2.45, 2.75) is 24.4 Å². The second-order valence-corrected chi connectivity index (χ2v) is 6.44. The second-order valence-electron chi connectivity index (χ2n) is 6.44. The lowest BCUT2D eigenvalue weighted by atomic mass is 9.97. The number of amides is 2. The number of anilines is 1. The monoisotopic (exact) mass is 352 g/mol. The summed E-state index contributed by atoms with van der Waals surface area (Å²) in [6.45, 7) is 0.510. The predicted octanol–water partition coefficient (Wildman–Crippen LogP) is 1.98. The van der Waals surface area contributed by atoms with E-state index in [1.54, 1.807) is 0 Å². The quantitative estimate of drug-likeness (QED) is 0.881. The van der Waals surface area contributed by atoms with E-state index in [4.69, 9.17) is 9.26 Å². The third kappa shape index (κ3) is 2.88. The fraction of sp³-hybridized carbons (Fsp3) is 0.333. The van der Waals surface area contributed by atoms with Crippen LogP contribution < -0.4 is 10.2 Å². The Morgan fingerprint density at radius 1 is 1.35 bits per heavy atom. The van der Waals surface area contributed by atoms with Gasteiger partial charge in [0.05, 0.1) is 30.8 Å². The molecule has 132 valence electrons. The molecule has 1 atom stereocenters. The summed E-state index contributed by atoms with van der Waals surface area (Å²) in [6, 6.07) is 11.2. The summed E-state index contributed by atoms with van der Waals surface area (Å²) in [5.74, 6) is -0.305. The Balaban J connectivity index is 1.37. The van der Waals surface area contributed by atoms with Gasteiger partial charge in [0.25, 0.3) is 5.91 Å². The molecule has 8 nitrogen and oxygen atoms in total. The number of nitrogens with zero attached hydrogens (tertiary/aromatic N) is 3. The molecule has 1 N–H and O–H groups in total. The molecule has 2 aliphatic rings. The minimum Gasteiger partial charge on any atom is -0.442 e. The van der Waals surface area contributed by atoms with E-state index in [-0.39, 0.29) is 17.7 Å². The van der Waals surface area contributed by atoms with E-state index >= 15 is 0 Å². The van der Waals surface area contributed by atoms with Crippen LogP contribution in [0.25, 0.3) is 0 Å². The second kappa shape index (κ2) is 6.19. The van der Waals surface area contributed by atoms with Gasteiger partial charge < -0.3 is 14.6 Å². The molecule has 1 aliphatic heterocycles. The van der Waals surface area contributed by atoms with Crippen LogP contribution in [0, 0.1) is 11.3 Å². The van der Waals surface area contributed by atoms with Crippen LogP contribution in [-0.4, -0.2) is 36.4 Å². The van der Waals surface area contributed by atoms with Crippen molar-refractivity contribution in [3.8, 4) is 6.07 Å². The topological polar surface area (TPSA) is 108 Å². The van der Waals surface area contributed by atoms with E-state index in [0.29, 0.717) is 12.2 Å². The molecule has 8 heteroatoms. The molecule has 0 bridgehead atoms. The standard InChI is InChI=1S/C18H16N4O4/c19-11-18(6-7-18)12-1-3-13(4-2-12)22-10-14(25-17(22)24)9-20-16(23)15-5-8-21-26-15/h1-5,8,14H,6-7,9-10H2,(H,20,23). The average Bonchev–Trinajstić information content (AvgIpc) is 3.09. The fourth-order valence-electron chi connectivity index (χ4n) is 3.02. The van der Waals surface area contributed by atoms with Crippen LogP contribution in [0.15, 0.2) is 41.1 Å². The number of ether oxygens (including phenoxy) is 1. The first-order valence-corrected chi connectivity index (χ1v) is 8.30. The van der Waals surface area contributed by atoms with Crippen molar-refractivity contribution in [3.05, 3.63) is 47.9 Å². The first-order valence-electron chi connectivity index (χ1n) is 8.30. The molecule has 2 heterocycles. The predicted molar refractivity (Wildman–Crippen MR) is 89.4 cm³/mol. The minimum atomic E-state index is -0.460. The van der Waals surface area contributed by atoms with Crippen molar-refractivity contribution in [1.29, 1.82) is 5.26 Å². The number of aromatic nitrogens is 1. The number of rotatable bonds is 5. The molecule has 1 unspecified atom stereocenters. The maximum Gasteiger partial charge on any atom is 0.414 e. The van der Waals surface area contributed by atoms with Gasteiger partial charge in [-0.15, -0.1) is 0 Å². The van der Waals surface area contributed by atoms with Crippen molar-refractivity contribution < 1.29 is 18.8 Å². The lowest BCUT2D eigenvalue weighted by Crippen LogP contribution is -2.34. The Kier molecular flexibility index (Phi) is 3.84.